The van der Waals surface area contributed by atoms with Crippen molar-refractivity contribution in [1.29, 1.82) is 0 Å². The van der Waals surface area contributed by atoms with E-state index in [1.165, 1.54) is 11.3 Å². The first-order valence-electron chi connectivity index (χ1n) is 11.5. The van der Waals surface area contributed by atoms with Gasteiger partial charge in [-0.25, -0.2) is 0 Å². The van der Waals surface area contributed by atoms with E-state index in [1.807, 2.05) is 44.2 Å². The Kier molecular flexibility index (Phi) is 6.33. The first kappa shape index (κ1) is 24.0. The third kappa shape index (κ3) is 5.00. The minimum atomic E-state index is -0.570. The molecule has 37 heavy (non-hydrogen) atoms. The number of para-hydroxylation sites is 1. The first-order valence-corrected chi connectivity index (χ1v) is 12.3. The minimum Gasteiger partial charge on any atom is -0.367 e. The van der Waals surface area contributed by atoms with Crippen LogP contribution < -0.4 is 16.0 Å². The SMILES string of the molecule is CC(C)(NC(=O)c1cc2c(NC(=O)c3ccccc3NC(=O)c3cc[nH]c3)n[nH]c2s1)c1ccccc1. The summed E-state index contributed by atoms with van der Waals surface area (Å²) in [5, 5.41) is 16.3. The largest absolute Gasteiger partial charge is 0.367 e. The third-order valence-electron chi connectivity index (χ3n) is 5.91. The number of thiophene rings is 1. The standard InChI is InChI=1S/C27H24N6O3S/c1-27(2,17-8-4-3-5-9-17)31-25(36)21-14-19-22(32-33-26(19)37-21)30-24(35)18-10-6-7-11-20(18)29-23(34)16-12-13-28-15-16/h3-15,28H,1-2H3,(H,29,34)(H,31,36)(H2,30,32,33,35). The van der Waals surface area contributed by atoms with Gasteiger partial charge in [0.05, 0.1) is 32.6 Å². The zero-order valence-corrected chi connectivity index (χ0v) is 20.9. The summed E-state index contributed by atoms with van der Waals surface area (Å²) in [6, 6.07) is 19.8. The van der Waals surface area contributed by atoms with Gasteiger partial charge in [-0.05, 0) is 43.7 Å². The van der Waals surface area contributed by atoms with E-state index in [1.54, 1.807) is 48.8 Å². The van der Waals surface area contributed by atoms with Gasteiger partial charge in [0.15, 0.2) is 5.82 Å². The molecule has 0 unspecified atom stereocenters. The van der Waals surface area contributed by atoms with Crippen molar-refractivity contribution in [2.45, 2.75) is 19.4 Å². The molecule has 5 aromatic rings. The lowest BCUT2D eigenvalue weighted by atomic mass is 9.94. The van der Waals surface area contributed by atoms with Crippen molar-refractivity contribution in [1.82, 2.24) is 20.5 Å². The van der Waals surface area contributed by atoms with E-state index in [0.29, 0.717) is 32.2 Å². The molecule has 10 heteroatoms. The van der Waals surface area contributed by atoms with Gasteiger partial charge in [0.1, 0.15) is 4.83 Å². The number of rotatable bonds is 7. The van der Waals surface area contributed by atoms with Crippen LogP contribution in [0.25, 0.3) is 10.2 Å². The third-order valence-corrected chi connectivity index (χ3v) is 6.95. The molecule has 0 saturated heterocycles. The Labute approximate surface area is 216 Å². The van der Waals surface area contributed by atoms with Crippen molar-refractivity contribution >= 4 is 50.8 Å². The van der Waals surface area contributed by atoms with Crippen LogP contribution in [0.4, 0.5) is 11.5 Å². The average molecular weight is 513 g/mol. The second-order valence-corrected chi connectivity index (χ2v) is 9.98. The molecule has 5 rings (SSSR count). The van der Waals surface area contributed by atoms with Gasteiger partial charge < -0.3 is 20.9 Å². The maximum absolute atomic E-state index is 13.1. The second-order valence-electron chi connectivity index (χ2n) is 8.92. The van der Waals surface area contributed by atoms with Crippen molar-refractivity contribution in [2.24, 2.45) is 0 Å². The quantitative estimate of drug-likeness (QED) is 0.207. The Morgan fingerprint density at radius 1 is 0.892 bits per heavy atom. The molecule has 2 aromatic carbocycles. The number of amides is 3. The van der Waals surface area contributed by atoms with Gasteiger partial charge in [0.2, 0.25) is 0 Å². The maximum atomic E-state index is 13.1. The van der Waals surface area contributed by atoms with Crippen LogP contribution in [0.5, 0.6) is 0 Å². The number of aromatic nitrogens is 3. The van der Waals surface area contributed by atoms with Gasteiger partial charge in [0, 0.05) is 12.4 Å². The highest BCUT2D eigenvalue weighted by Crippen LogP contribution is 2.31. The first-order chi connectivity index (χ1) is 17.8. The number of hydrogen-bond acceptors (Lipinski definition) is 5. The zero-order valence-electron chi connectivity index (χ0n) is 20.1. The van der Waals surface area contributed by atoms with Gasteiger partial charge in [-0.1, -0.05) is 42.5 Å². The van der Waals surface area contributed by atoms with E-state index in [0.717, 1.165) is 5.56 Å². The van der Waals surface area contributed by atoms with Gasteiger partial charge in [-0.3, -0.25) is 19.5 Å². The van der Waals surface area contributed by atoms with Gasteiger partial charge >= 0.3 is 0 Å². The summed E-state index contributed by atoms with van der Waals surface area (Å²) in [4.78, 5) is 42.6. The summed E-state index contributed by atoms with van der Waals surface area (Å²) < 4.78 is 0. The molecule has 3 amide bonds. The molecular formula is C27H24N6O3S. The molecule has 5 N–H and O–H groups in total. The Morgan fingerprint density at radius 3 is 2.41 bits per heavy atom. The zero-order chi connectivity index (χ0) is 26.0. The molecule has 186 valence electrons. The van der Waals surface area contributed by atoms with E-state index in [-0.39, 0.29) is 17.4 Å². The van der Waals surface area contributed by atoms with E-state index in [2.05, 4.69) is 31.1 Å². The van der Waals surface area contributed by atoms with Crippen LogP contribution in [-0.2, 0) is 5.54 Å². The fourth-order valence-corrected chi connectivity index (χ4v) is 4.82. The molecule has 3 aromatic heterocycles. The number of hydrogen-bond donors (Lipinski definition) is 5. The van der Waals surface area contributed by atoms with Gasteiger partial charge in [-0.15, -0.1) is 11.3 Å². The predicted octanol–water partition coefficient (Wildman–Crippen LogP) is 5.12. The number of anilines is 2. The van der Waals surface area contributed by atoms with Crippen molar-refractivity contribution in [3.8, 4) is 0 Å². The summed E-state index contributed by atoms with van der Waals surface area (Å²) >= 11 is 1.25. The number of nitrogens with zero attached hydrogens (tertiary/aromatic N) is 1. The molecule has 0 aliphatic carbocycles. The number of H-pyrrole nitrogens is 2. The van der Waals surface area contributed by atoms with Crippen molar-refractivity contribution in [3.63, 3.8) is 0 Å². The Bertz CT molecular complexity index is 1580. The highest BCUT2D eigenvalue weighted by Gasteiger charge is 2.25. The van der Waals surface area contributed by atoms with E-state index < -0.39 is 11.4 Å². The topological polar surface area (TPSA) is 132 Å². The van der Waals surface area contributed by atoms with Crippen LogP contribution in [0.2, 0.25) is 0 Å². The number of fused-ring (bicyclic) bond motifs is 1. The lowest BCUT2D eigenvalue weighted by molar-refractivity contribution is 0.0915. The van der Waals surface area contributed by atoms with E-state index >= 15 is 0 Å². The molecule has 0 aliphatic rings. The Morgan fingerprint density at radius 2 is 1.65 bits per heavy atom. The summed E-state index contributed by atoms with van der Waals surface area (Å²) in [5.74, 6) is -0.709. The van der Waals surface area contributed by atoms with Crippen molar-refractivity contribution < 1.29 is 14.4 Å². The van der Waals surface area contributed by atoms with Crippen molar-refractivity contribution in [3.05, 3.63) is 101 Å². The molecule has 0 atom stereocenters. The number of nitrogens with one attached hydrogen (secondary N) is 5. The normalized spacial score (nSPS) is 11.3. The highest BCUT2D eigenvalue weighted by atomic mass is 32.1. The minimum absolute atomic E-state index is 0.224. The van der Waals surface area contributed by atoms with Crippen LogP contribution in [-0.4, -0.2) is 32.9 Å². The average Bonchev–Trinajstić information content (AvgIpc) is 3.64. The molecule has 0 saturated carbocycles. The van der Waals surface area contributed by atoms with Crippen LogP contribution in [0, 0.1) is 0 Å². The van der Waals surface area contributed by atoms with Crippen molar-refractivity contribution in [2.75, 3.05) is 10.6 Å². The summed E-state index contributed by atoms with van der Waals surface area (Å²) in [6.45, 7) is 3.89. The lowest BCUT2D eigenvalue weighted by Crippen LogP contribution is -2.40. The fraction of sp³-hybridized carbons (Fsp3) is 0.111. The number of carbonyl (C=O) groups is 3. The molecular weight excluding hydrogens is 488 g/mol. The van der Waals surface area contributed by atoms with Gasteiger partial charge in [-0.2, -0.15) is 5.10 Å². The summed E-state index contributed by atoms with van der Waals surface area (Å²) in [6.07, 6.45) is 3.22. The Balaban J connectivity index is 1.33. The smallest absolute Gasteiger partial charge is 0.262 e. The summed E-state index contributed by atoms with van der Waals surface area (Å²) in [7, 11) is 0. The molecule has 0 spiro atoms. The molecule has 3 heterocycles. The molecule has 0 aliphatic heterocycles. The predicted molar refractivity (Wildman–Crippen MR) is 144 cm³/mol. The number of aromatic amines is 2. The summed E-state index contributed by atoms with van der Waals surface area (Å²) in [5.41, 5.74) is 1.51. The van der Waals surface area contributed by atoms with Crippen LogP contribution in [0.3, 0.4) is 0 Å². The highest BCUT2D eigenvalue weighted by molar-refractivity contribution is 7.20. The fourth-order valence-electron chi connectivity index (χ4n) is 3.92. The molecule has 9 nitrogen and oxygen atoms in total. The number of carbonyl (C=O) groups excluding carboxylic acids is 3. The van der Waals surface area contributed by atoms with E-state index in [4.69, 9.17) is 0 Å². The van der Waals surface area contributed by atoms with Crippen LogP contribution >= 0.6 is 11.3 Å². The molecule has 0 radical (unpaired) electrons. The monoisotopic (exact) mass is 512 g/mol. The molecule has 0 bridgehead atoms. The van der Waals surface area contributed by atoms with Gasteiger partial charge in [0.25, 0.3) is 17.7 Å². The molecule has 0 fully saturated rings. The van der Waals surface area contributed by atoms with Crippen LogP contribution in [0.1, 0.15) is 49.8 Å². The Hall–Kier alpha value is -4.70. The lowest BCUT2D eigenvalue weighted by Gasteiger charge is -2.26. The number of benzene rings is 2. The van der Waals surface area contributed by atoms with Crippen LogP contribution in [0.15, 0.2) is 79.1 Å². The van der Waals surface area contributed by atoms with E-state index in [9.17, 15) is 14.4 Å². The second kappa shape index (κ2) is 9.75. The maximum Gasteiger partial charge on any atom is 0.262 e.